The Balaban J connectivity index is 2.79. The van der Waals surface area contributed by atoms with Crippen LogP contribution >= 0.6 is 11.3 Å². The first kappa shape index (κ1) is 16.5. The van der Waals surface area contributed by atoms with Gasteiger partial charge >= 0.3 is 12.0 Å². The third-order valence-electron chi connectivity index (χ3n) is 3.25. The number of thiophene rings is 1. The molecule has 0 aliphatic rings. The van der Waals surface area contributed by atoms with Gasteiger partial charge in [0.05, 0.1) is 5.56 Å². The first-order valence-corrected chi connectivity index (χ1v) is 7.77. The number of nitrogens with zero attached hydrogens (tertiary/aromatic N) is 1. The lowest BCUT2D eigenvalue weighted by Gasteiger charge is -2.28. The smallest absolute Gasteiger partial charge is 0.338 e. The topological polar surface area (TPSA) is 69.6 Å². The molecule has 0 saturated carbocycles. The number of nitrogens with one attached hydrogen (secondary N) is 1. The van der Waals surface area contributed by atoms with E-state index in [1.54, 1.807) is 10.3 Å². The molecule has 20 heavy (non-hydrogen) atoms. The van der Waals surface area contributed by atoms with Crippen molar-refractivity contribution < 1.29 is 14.7 Å². The number of carbonyl (C=O) groups excluding carboxylic acids is 1. The second-order valence-electron chi connectivity index (χ2n) is 4.70. The van der Waals surface area contributed by atoms with Crippen LogP contribution in [0.2, 0.25) is 0 Å². The minimum Gasteiger partial charge on any atom is -0.478 e. The Morgan fingerprint density at radius 1 is 1.45 bits per heavy atom. The van der Waals surface area contributed by atoms with Crippen LogP contribution in [-0.4, -0.2) is 34.6 Å². The molecule has 1 heterocycles. The van der Waals surface area contributed by atoms with Gasteiger partial charge in [0.2, 0.25) is 0 Å². The van der Waals surface area contributed by atoms with Crippen molar-refractivity contribution in [2.45, 2.75) is 46.1 Å². The maximum atomic E-state index is 12.3. The lowest BCUT2D eigenvalue weighted by molar-refractivity contribution is 0.0698. The number of urea groups is 1. The summed E-state index contributed by atoms with van der Waals surface area (Å²) in [6.07, 6.45) is 2.82. The second-order valence-corrected chi connectivity index (χ2v) is 5.62. The Bertz CT molecular complexity index is 459. The number of carboxylic acid groups (broad SMARTS) is 1. The maximum Gasteiger partial charge on any atom is 0.338 e. The van der Waals surface area contributed by atoms with Crippen LogP contribution in [0.4, 0.5) is 9.80 Å². The molecule has 0 radical (unpaired) electrons. The highest BCUT2D eigenvalue weighted by atomic mass is 32.1. The van der Waals surface area contributed by atoms with Crippen LogP contribution in [0.1, 0.15) is 50.4 Å². The van der Waals surface area contributed by atoms with Gasteiger partial charge in [0.15, 0.2) is 0 Å². The summed E-state index contributed by atoms with van der Waals surface area (Å²) in [6.45, 7) is 6.80. The van der Waals surface area contributed by atoms with Crippen LogP contribution in [0.25, 0.3) is 0 Å². The zero-order valence-corrected chi connectivity index (χ0v) is 13.0. The van der Waals surface area contributed by atoms with Gasteiger partial charge in [-0.15, -0.1) is 11.3 Å². The van der Waals surface area contributed by atoms with E-state index in [2.05, 4.69) is 12.2 Å². The third kappa shape index (κ3) is 4.23. The molecule has 0 aliphatic heterocycles. The summed E-state index contributed by atoms with van der Waals surface area (Å²) in [5, 5.41) is 13.8. The van der Waals surface area contributed by atoms with Crippen molar-refractivity contribution >= 4 is 28.3 Å². The summed E-state index contributed by atoms with van der Waals surface area (Å²) in [5.74, 6) is -1.02. The van der Waals surface area contributed by atoms with Gasteiger partial charge in [0, 0.05) is 12.6 Å². The zero-order chi connectivity index (χ0) is 15.1. The molecular weight excluding hydrogens is 276 g/mol. The highest BCUT2D eigenvalue weighted by Gasteiger charge is 2.21. The Kier molecular flexibility index (Phi) is 6.51. The van der Waals surface area contributed by atoms with Crippen molar-refractivity contribution in [3.63, 3.8) is 0 Å². The fourth-order valence-electron chi connectivity index (χ4n) is 1.81. The van der Waals surface area contributed by atoms with Crippen molar-refractivity contribution in [1.82, 2.24) is 4.90 Å². The largest absolute Gasteiger partial charge is 0.478 e. The molecule has 0 aromatic carbocycles. The van der Waals surface area contributed by atoms with Crippen molar-refractivity contribution in [2.24, 2.45) is 0 Å². The van der Waals surface area contributed by atoms with Gasteiger partial charge < -0.3 is 10.0 Å². The first-order valence-electron chi connectivity index (χ1n) is 6.89. The summed E-state index contributed by atoms with van der Waals surface area (Å²) < 4.78 is 0. The van der Waals surface area contributed by atoms with E-state index in [1.807, 2.05) is 13.8 Å². The van der Waals surface area contributed by atoms with Gasteiger partial charge in [-0.05, 0) is 31.2 Å². The lowest BCUT2D eigenvalue weighted by atomic mass is 10.2. The van der Waals surface area contributed by atoms with Crippen LogP contribution in [0.15, 0.2) is 11.4 Å². The van der Waals surface area contributed by atoms with E-state index in [1.165, 1.54) is 17.4 Å². The molecule has 6 heteroatoms. The predicted molar refractivity (Wildman–Crippen MR) is 81.7 cm³/mol. The van der Waals surface area contributed by atoms with Gasteiger partial charge in [-0.3, -0.25) is 5.32 Å². The average molecular weight is 298 g/mol. The molecule has 0 spiro atoms. The van der Waals surface area contributed by atoms with E-state index in [9.17, 15) is 9.59 Å². The standard InChI is InChI=1S/C14H22N2O3S/c1-4-6-8-16(10(3)5-2)14(19)15-12-11(13(17)18)7-9-20-12/h7,9-10H,4-6,8H2,1-3H3,(H,15,19)(H,17,18). The number of amides is 2. The number of unbranched alkanes of at least 4 members (excludes halogenated alkanes) is 1. The molecule has 1 aromatic rings. The van der Waals surface area contributed by atoms with Gasteiger partial charge in [0.25, 0.3) is 0 Å². The fraction of sp³-hybridized carbons (Fsp3) is 0.571. The molecule has 2 amide bonds. The normalized spacial score (nSPS) is 11.9. The molecule has 1 unspecified atom stereocenters. The van der Waals surface area contributed by atoms with E-state index < -0.39 is 5.97 Å². The molecule has 1 aromatic heterocycles. The van der Waals surface area contributed by atoms with Gasteiger partial charge in [-0.25, -0.2) is 9.59 Å². The molecular formula is C14H22N2O3S. The number of carbonyl (C=O) groups is 2. The van der Waals surface area contributed by atoms with Gasteiger partial charge in [-0.2, -0.15) is 0 Å². The number of carboxylic acids is 1. The van der Waals surface area contributed by atoms with E-state index in [0.717, 1.165) is 19.3 Å². The molecule has 1 atom stereocenters. The number of rotatable bonds is 7. The summed E-state index contributed by atoms with van der Waals surface area (Å²) in [4.78, 5) is 25.1. The Labute approximate surface area is 123 Å². The summed E-state index contributed by atoms with van der Waals surface area (Å²) in [7, 11) is 0. The number of hydrogen-bond acceptors (Lipinski definition) is 3. The molecule has 1 rings (SSSR count). The third-order valence-corrected chi connectivity index (χ3v) is 4.08. The van der Waals surface area contributed by atoms with Gasteiger partial charge in [-0.1, -0.05) is 20.3 Å². The maximum absolute atomic E-state index is 12.3. The first-order chi connectivity index (χ1) is 9.51. The summed E-state index contributed by atoms with van der Waals surface area (Å²) in [6, 6.07) is 1.41. The van der Waals surface area contributed by atoms with Crippen molar-refractivity contribution in [2.75, 3.05) is 11.9 Å². The van der Waals surface area contributed by atoms with Crippen molar-refractivity contribution in [1.29, 1.82) is 0 Å². The molecule has 0 aliphatic carbocycles. The van der Waals surface area contributed by atoms with Crippen molar-refractivity contribution in [3.05, 3.63) is 17.0 Å². The Morgan fingerprint density at radius 3 is 2.70 bits per heavy atom. The second kappa shape index (κ2) is 7.89. The number of hydrogen-bond donors (Lipinski definition) is 2. The van der Waals surface area contributed by atoms with E-state index in [0.29, 0.717) is 11.5 Å². The van der Waals surface area contributed by atoms with Crippen molar-refractivity contribution in [3.8, 4) is 0 Å². The molecule has 5 nitrogen and oxygen atoms in total. The van der Waals surface area contributed by atoms with E-state index in [4.69, 9.17) is 5.11 Å². The van der Waals surface area contributed by atoms with Gasteiger partial charge in [0.1, 0.15) is 5.00 Å². The van der Waals surface area contributed by atoms with Crippen LogP contribution < -0.4 is 5.32 Å². The molecule has 0 saturated heterocycles. The predicted octanol–water partition coefficient (Wildman–Crippen LogP) is 3.88. The lowest BCUT2D eigenvalue weighted by Crippen LogP contribution is -2.41. The van der Waals surface area contributed by atoms with Crippen LogP contribution in [0.3, 0.4) is 0 Å². The Morgan fingerprint density at radius 2 is 2.15 bits per heavy atom. The molecule has 112 valence electrons. The fourth-order valence-corrected chi connectivity index (χ4v) is 2.58. The quantitative estimate of drug-likeness (QED) is 0.802. The van der Waals surface area contributed by atoms with Crippen LogP contribution in [0, 0.1) is 0 Å². The van der Waals surface area contributed by atoms with E-state index >= 15 is 0 Å². The summed E-state index contributed by atoms with van der Waals surface area (Å²) >= 11 is 1.23. The monoisotopic (exact) mass is 298 g/mol. The average Bonchev–Trinajstić information content (AvgIpc) is 2.87. The number of aromatic carboxylic acids is 1. The minimum absolute atomic E-state index is 0.134. The van der Waals surface area contributed by atoms with Crippen LogP contribution in [-0.2, 0) is 0 Å². The highest BCUT2D eigenvalue weighted by molar-refractivity contribution is 7.14. The van der Waals surface area contributed by atoms with Crippen LogP contribution in [0.5, 0.6) is 0 Å². The minimum atomic E-state index is -1.02. The highest BCUT2D eigenvalue weighted by Crippen LogP contribution is 2.24. The molecule has 2 N–H and O–H groups in total. The molecule has 0 bridgehead atoms. The SMILES string of the molecule is CCCCN(C(=O)Nc1sccc1C(=O)O)C(C)CC. The Hall–Kier alpha value is -1.56. The molecule has 0 fully saturated rings. The van der Waals surface area contributed by atoms with E-state index in [-0.39, 0.29) is 17.6 Å². The number of anilines is 1. The summed E-state index contributed by atoms with van der Waals surface area (Å²) in [5.41, 5.74) is 0.142. The zero-order valence-electron chi connectivity index (χ0n) is 12.2.